The van der Waals surface area contributed by atoms with Gasteiger partial charge in [0.2, 0.25) is 0 Å². The van der Waals surface area contributed by atoms with Gasteiger partial charge in [-0.25, -0.2) is 0 Å². The van der Waals surface area contributed by atoms with Gasteiger partial charge in [-0.2, -0.15) is 0 Å². The van der Waals surface area contributed by atoms with E-state index in [-0.39, 0.29) is 6.04 Å². The highest BCUT2D eigenvalue weighted by Gasteiger charge is 2.21. The van der Waals surface area contributed by atoms with Gasteiger partial charge in [0.15, 0.2) is 0 Å². The maximum Gasteiger partial charge on any atom is 0.124 e. The Bertz CT molecular complexity index is 397. The highest BCUT2D eigenvalue weighted by atomic mass is 35.5. The molecular formula is C15H22ClNO. The Morgan fingerprint density at radius 3 is 2.56 bits per heavy atom. The quantitative estimate of drug-likeness (QED) is 0.885. The van der Waals surface area contributed by atoms with Gasteiger partial charge in [-0.15, -0.1) is 0 Å². The third-order valence-corrected chi connectivity index (χ3v) is 3.95. The number of hydrogen-bond donors (Lipinski definition) is 1. The lowest BCUT2D eigenvalue weighted by Gasteiger charge is -2.28. The third-order valence-electron chi connectivity index (χ3n) is 3.72. The fourth-order valence-corrected chi connectivity index (χ4v) is 2.69. The van der Waals surface area contributed by atoms with Gasteiger partial charge in [0.25, 0.3) is 0 Å². The highest BCUT2D eigenvalue weighted by Crippen LogP contribution is 2.32. The molecule has 0 aromatic heterocycles. The fraction of sp³-hybridized carbons (Fsp3) is 0.600. The van der Waals surface area contributed by atoms with E-state index in [9.17, 15) is 0 Å². The SMILES string of the molecule is CC1CCC(Oc2ccc(Cl)cc2C(C)N)CC1. The van der Waals surface area contributed by atoms with Crippen LogP contribution in [0.15, 0.2) is 18.2 Å². The van der Waals surface area contributed by atoms with Gasteiger partial charge in [-0.1, -0.05) is 18.5 Å². The molecule has 0 bridgehead atoms. The summed E-state index contributed by atoms with van der Waals surface area (Å²) < 4.78 is 6.11. The molecule has 0 aliphatic heterocycles. The minimum Gasteiger partial charge on any atom is -0.490 e. The van der Waals surface area contributed by atoms with Crippen molar-refractivity contribution in [1.82, 2.24) is 0 Å². The van der Waals surface area contributed by atoms with Crippen molar-refractivity contribution in [3.05, 3.63) is 28.8 Å². The van der Waals surface area contributed by atoms with Crippen molar-refractivity contribution in [3.63, 3.8) is 0 Å². The molecule has 0 heterocycles. The predicted octanol–water partition coefficient (Wildman–Crippen LogP) is 4.32. The van der Waals surface area contributed by atoms with Crippen molar-refractivity contribution in [1.29, 1.82) is 0 Å². The molecule has 1 aromatic rings. The van der Waals surface area contributed by atoms with Crippen LogP contribution in [0.2, 0.25) is 5.02 Å². The van der Waals surface area contributed by atoms with Crippen LogP contribution in [0, 0.1) is 5.92 Å². The molecule has 1 atom stereocenters. The van der Waals surface area contributed by atoms with Crippen LogP contribution in [-0.4, -0.2) is 6.10 Å². The maximum absolute atomic E-state index is 6.11. The summed E-state index contributed by atoms with van der Waals surface area (Å²) in [6.45, 7) is 4.27. The summed E-state index contributed by atoms with van der Waals surface area (Å²) in [5, 5.41) is 0.715. The summed E-state index contributed by atoms with van der Waals surface area (Å²) in [5.41, 5.74) is 6.97. The lowest BCUT2D eigenvalue weighted by Crippen LogP contribution is -2.24. The van der Waals surface area contributed by atoms with Gasteiger partial charge in [0.05, 0.1) is 6.10 Å². The summed E-state index contributed by atoms with van der Waals surface area (Å²) >= 11 is 6.01. The van der Waals surface area contributed by atoms with Gasteiger partial charge < -0.3 is 10.5 Å². The number of hydrogen-bond acceptors (Lipinski definition) is 2. The smallest absolute Gasteiger partial charge is 0.124 e. The lowest BCUT2D eigenvalue weighted by atomic mass is 9.89. The molecule has 0 spiro atoms. The Morgan fingerprint density at radius 2 is 1.94 bits per heavy atom. The minimum atomic E-state index is -0.0544. The van der Waals surface area contributed by atoms with Crippen LogP contribution >= 0.6 is 11.6 Å². The van der Waals surface area contributed by atoms with E-state index in [1.807, 2.05) is 25.1 Å². The van der Waals surface area contributed by atoms with Crippen LogP contribution in [0.4, 0.5) is 0 Å². The summed E-state index contributed by atoms with van der Waals surface area (Å²) in [7, 11) is 0. The molecule has 1 unspecified atom stereocenters. The highest BCUT2D eigenvalue weighted by molar-refractivity contribution is 6.30. The predicted molar refractivity (Wildman–Crippen MR) is 76.1 cm³/mol. The number of ether oxygens (including phenoxy) is 1. The van der Waals surface area contributed by atoms with E-state index >= 15 is 0 Å². The first-order valence-electron chi connectivity index (χ1n) is 6.78. The van der Waals surface area contributed by atoms with Crippen LogP contribution in [0.3, 0.4) is 0 Å². The van der Waals surface area contributed by atoms with Gasteiger partial charge in [0, 0.05) is 16.6 Å². The van der Waals surface area contributed by atoms with Crippen LogP contribution < -0.4 is 10.5 Å². The number of benzene rings is 1. The molecule has 1 fully saturated rings. The van der Waals surface area contributed by atoms with E-state index in [4.69, 9.17) is 22.1 Å². The molecule has 2 N–H and O–H groups in total. The first kappa shape index (κ1) is 13.7. The Labute approximate surface area is 114 Å². The maximum atomic E-state index is 6.11. The second kappa shape index (κ2) is 5.94. The van der Waals surface area contributed by atoms with E-state index in [2.05, 4.69) is 6.92 Å². The second-order valence-electron chi connectivity index (χ2n) is 5.47. The van der Waals surface area contributed by atoms with Gasteiger partial charge >= 0.3 is 0 Å². The van der Waals surface area contributed by atoms with Crippen LogP contribution in [0.5, 0.6) is 5.75 Å². The molecule has 0 saturated heterocycles. The zero-order valence-corrected chi connectivity index (χ0v) is 11.9. The average Bonchev–Trinajstić information content (AvgIpc) is 2.34. The first-order chi connectivity index (χ1) is 8.56. The number of nitrogens with two attached hydrogens (primary N) is 1. The van der Waals surface area contributed by atoms with Crippen molar-refractivity contribution >= 4 is 11.6 Å². The molecule has 0 amide bonds. The van der Waals surface area contributed by atoms with Crippen molar-refractivity contribution in [2.75, 3.05) is 0 Å². The molecule has 1 aromatic carbocycles. The average molecular weight is 268 g/mol. The van der Waals surface area contributed by atoms with Gasteiger partial charge in [0.1, 0.15) is 5.75 Å². The largest absolute Gasteiger partial charge is 0.490 e. The summed E-state index contributed by atoms with van der Waals surface area (Å²) in [5.74, 6) is 1.73. The van der Waals surface area contributed by atoms with E-state index in [0.717, 1.165) is 30.1 Å². The van der Waals surface area contributed by atoms with E-state index < -0.39 is 0 Å². The van der Waals surface area contributed by atoms with Gasteiger partial charge in [-0.05, 0) is 56.7 Å². The molecule has 1 saturated carbocycles. The van der Waals surface area contributed by atoms with Crippen molar-refractivity contribution in [2.24, 2.45) is 11.7 Å². The molecule has 100 valence electrons. The molecule has 0 radical (unpaired) electrons. The molecular weight excluding hydrogens is 246 g/mol. The van der Waals surface area contributed by atoms with E-state index in [0.29, 0.717) is 11.1 Å². The number of rotatable bonds is 3. The molecule has 3 heteroatoms. The fourth-order valence-electron chi connectivity index (χ4n) is 2.51. The molecule has 1 aliphatic rings. The molecule has 2 nitrogen and oxygen atoms in total. The standard InChI is InChI=1S/C15H22ClNO/c1-10-3-6-13(7-4-10)18-15-8-5-12(16)9-14(15)11(2)17/h5,8-11,13H,3-4,6-7,17H2,1-2H3. The third kappa shape index (κ3) is 3.39. The topological polar surface area (TPSA) is 35.2 Å². The summed E-state index contributed by atoms with van der Waals surface area (Å²) in [4.78, 5) is 0. The molecule has 2 rings (SSSR count). The zero-order valence-electron chi connectivity index (χ0n) is 11.2. The van der Waals surface area contributed by atoms with Crippen molar-refractivity contribution < 1.29 is 4.74 Å². The van der Waals surface area contributed by atoms with Gasteiger partial charge in [-0.3, -0.25) is 0 Å². The first-order valence-corrected chi connectivity index (χ1v) is 7.15. The van der Waals surface area contributed by atoms with Crippen molar-refractivity contribution in [2.45, 2.75) is 51.7 Å². The second-order valence-corrected chi connectivity index (χ2v) is 5.91. The van der Waals surface area contributed by atoms with E-state index in [1.165, 1.54) is 12.8 Å². The minimum absolute atomic E-state index is 0.0544. The van der Waals surface area contributed by atoms with Crippen molar-refractivity contribution in [3.8, 4) is 5.75 Å². The Hall–Kier alpha value is -0.730. The van der Waals surface area contributed by atoms with Crippen LogP contribution in [0.1, 0.15) is 51.1 Å². The summed E-state index contributed by atoms with van der Waals surface area (Å²) in [6, 6.07) is 5.67. The van der Waals surface area contributed by atoms with Crippen LogP contribution in [0.25, 0.3) is 0 Å². The zero-order chi connectivity index (χ0) is 13.1. The normalized spacial score (nSPS) is 25.8. The Kier molecular flexibility index (Phi) is 4.52. The Morgan fingerprint density at radius 1 is 1.28 bits per heavy atom. The Balaban J connectivity index is 2.09. The summed E-state index contributed by atoms with van der Waals surface area (Å²) in [6.07, 6.45) is 5.13. The van der Waals surface area contributed by atoms with E-state index in [1.54, 1.807) is 0 Å². The molecule has 18 heavy (non-hydrogen) atoms. The molecule has 1 aliphatic carbocycles. The van der Waals surface area contributed by atoms with Crippen LogP contribution in [-0.2, 0) is 0 Å². The number of halogens is 1. The monoisotopic (exact) mass is 267 g/mol. The lowest BCUT2D eigenvalue weighted by molar-refractivity contribution is 0.134.